The van der Waals surface area contributed by atoms with Gasteiger partial charge in [0.2, 0.25) is 0 Å². The van der Waals surface area contributed by atoms with Gasteiger partial charge < -0.3 is 20.4 Å². The minimum absolute atomic E-state index is 0.223. The highest BCUT2D eigenvalue weighted by atomic mass is 16.4. The molecule has 0 fully saturated rings. The van der Waals surface area contributed by atoms with Gasteiger partial charge in [0.05, 0.1) is 22.3 Å². The minimum atomic E-state index is -0.988. The molecule has 0 bridgehead atoms. The number of rotatable bonds is 5. The summed E-state index contributed by atoms with van der Waals surface area (Å²) in [4.78, 5) is 42.9. The molecule has 0 atom stereocenters. The van der Waals surface area contributed by atoms with Gasteiger partial charge in [-0.3, -0.25) is 0 Å². The zero-order valence-corrected chi connectivity index (χ0v) is 16.6. The van der Waals surface area contributed by atoms with Gasteiger partial charge in [0.25, 0.3) is 0 Å². The van der Waals surface area contributed by atoms with Crippen LogP contribution in [0.4, 0.5) is 0 Å². The Balaban J connectivity index is 0.000000186. The summed E-state index contributed by atoms with van der Waals surface area (Å²) in [6.45, 7) is 0. The predicted molar refractivity (Wildman–Crippen MR) is 114 cm³/mol. The monoisotopic (exact) mass is 434 g/mol. The van der Waals surface area contributed by atoms with Crippen LogP contribution in [0.3, 0.4) is 0 Å². The van der Waals surface area contributed by atoms with E-state index in [4.69, 9.17) is 20.4 Å². The number of hydrogen-bond acceptors (Lipinski definition) is 4. The van der Waals surface area contributed by atoms with Gasteiger partial charge in [-0.1, -0.05) is 24.3 Å². The van der Waals surface area contributed by atoms with E-state index in [1.807, 2.05) is 0 Å². The van der Waals surface area contributed by atoms with Crippen LogP contribution in [0.2, 0.25) is 0 Å². The van der Waals surface area contributed by atoms with Gasteiger partial charge in [0.15, 0.2) is 0 Å². The molecule has 0 unspecified atom stereocenters. The third-order valence-corrected chi connectivity index (χ3v) is 5.11. The van der Waals surface area contributed by atoms with Crippen LogP contribution < -0.4 is 0 Å². The fourth-order valence-corrected chi connectivity index (χ4v) is 3.35. The molecule has 0 saturated heterocycles. The highest BCUT2D eigenvalue weighted by Crippen LogP contribution is 2.30. The van der Waals surface area contributed by atoms with Crippen molar-refractivity contribution in [2.75, 3.05) is 0 Å². The third kappa shape index (κ3) is 4.65. The number of carboxylic acid groups (broad SMARTS) is 4. The summed E-state index contributed by atoms with van der Waals surface area (Å²) in [5.41, 5.74) is 3.96. The first-order valence-electron chi connectivity index (χ1n) is 9.47. The Kier molecular flexibility index (Phi) is 6.34. The maximum atomic E-state index is 10.7. The lowest BCUT2D eigenvalue weighted by Crippen LogP contribution is -2.19. The summed E-state index contributed by atoms with van der Waals surface area (Å²) < 4.78 is 0. The molecule has 8 nitrogen and oxygen atoms in total. The lowest BCUT2D eigenvalue weighted by atomic mass is 9.81. The van der Waals surface area contributed by atoms with Crippen LogP contribution in [0, 0.1) is 0 Å². The van der Waals surface area contributed by atoms with Crippen molar-refractivity contribution in [3.8, 4) is 11.1 Å². The average Bonchev–Trinajstić information content (AvgIpc) is 2.74. The van der Waals surface area contributed by atoms with E-state index in [0.29, 0.717) is 24.0 Å². The molecule has 0 radical (unpaired) electrons. The van der Waals surface area contributed by atoms with Crippen LogP contribution in [-0.4, -0.2) is 44.3 Å². The molecule has 0 spiro atoms. The molecule has 1 aliphatic rings. The Bertz CT molecular complexity index is 1110. The van der Waals surface area contributed by atoms with E-state index >= 15 is 0 Å². The highest BCUT2D eigenvalue weighted by Gasteiger charge is 2.26. The van der Waals surface area contributed by atoms with E-state index in [-0.39, 0.29) is 22.3 Å². The molecule has 0 aliphatic heterocycles. The van der Waals surface area contributed by atoms with E-state index in [9.17, 15) is 19.2 Å². The molecule has 0 heterocycles. The Morgan fingerprint density at radius 3 is 1.00 bits per heavy atom. The molecule has 0 saturated carbocycles. The highest BCUT2D eigenvalue weighted by molar-refractivity contribution is 5.96. The largest absolute Gasteiger partial charge is 0.478 e. The first-order valence-corrected chi connectivity index (χ1v) is 9.47. The van der Waals surface area contributed by atoms with Crippen molar-refractivity contribution in [3.63, 3.8) is 0 Å². The van der Waals surface area contributed by atoms with Gasteiger partial charge in [-0.05, 0) is 71.5 Å². The van der Waals surface area contributed by atoms with Gasteiger partial charge >= 0.3 is 23.9 Å². The van der Waals surface area contributed by atoms with Crippen LogP contribution in [0.15, 0.2) is 60.7 Å². The molecule has 1 aliphatic carbocycles. The van der Waals surface area contributed by atoms with Crippen LogP contribution in [0.25, 0.3) is 11.1 Å². The molecule has 3 aromatic carbocycles. The zero-order valence-electron chi connectivity index (χ0n) is 16.6. The quantitative estimate of drug-likeness (QED) is 0.472. The Morgan fingerprint density at radius 1 is 0.469 bits per heavy atom. The van der Waals surface area contributed by atoms with Gasteiger partial charge in [-0.2, -0.15) is 0 Å². The van der Waals surface area contributed by atoms with Crippen molar-refractivity contribution >= 4 is 23.9 Å². The smallest absolute Gasteiger partial charge is 0.335 e. The maximum Gasteiger partial charge on any atom is 0.335 e. The first kappa shape index (κ1) is 22.2. The number of aromatic carboxylic acids is 4. The minimum Gasteiger partial charge on any atom is -0.478 e. The lowest BCUT2D eigenvalue weighted by molar-refractivity contribution is 0.0677. The standard InChI is InChI=1S/C14H10O4.C10H8O4/c15-13(16)11-5-1-9(2-6-11)10-3-7-12(8-4-10)14(17)18;11-9(12)7-3-4-8(10(13)14)6-2-1-5(6)7/h1-8H,(H,15,16)(H,17,18);3-4H,1-2H2,(H,11,12)(H,13,14). The van der Waals surface area contributed by atoms with Crippen molar-refractivity contribution < 1.29 is 39.6 Å². The number of fused-ring (bicyclic) bond motifs is 1. The average molecular weight is 434 g/mol. The topological polar surface area (TPSA) is 149 Å². The molecule has 3 aromatic rings. The molecule has 4 N–H and O–H groups in total. The number of hydrogen-bond donors (Lipinski definition) is 4. The molecule has 162 valence electrons. The molecule has 8 heteroatoms. The van der Waals surface area contributed by atoms with Crippen molar-refractivity contribution in [1.82, 2.24) is 0 Å². The molecular formula is C24H18O8. The summed E-state index contributed by atoms with van der Waals surface area (Å²) in [5.74, 6) is -3.92. The normalized spacial score (nSPS) is 11.2. The number of carboxylic acids is 4. The molecule has 4 rings (SSSR count). The van der Waals surface area contributed by atoms with Crippen LogP contribution in [0.1, 0.15) is 52.6 Å². The zero-order chi connectivity index (χ0) is 23.4. The number of carbonyl (C=O) groups is 4. The predicted octanol–water partition coefficient (Wildman–Crippen LogP) is 3.93. The van der Waals surface area contributed by atoms with Crippen LogP contribution in [0.5, 0.6) is 0 Å². The van der Waals surface area contributed by atoms with Crippen molar-refractivity contribution in [1.29, 1.82) is 0 Å². The second-order valence-electron chi connectivity index (χ2n) is 6.99. The van der Waals surface area contributed by atoms with E-state index in [1.54, 1.807) is 24.3 Å². The molecule has 0 aromatic heterocycles. The summed E-state index contributed by atoms with van der Waals surface area (Å²) in [6, 6.07) is 15.6. The molecule has 0 amide bonds. The van der Waals surface area contributed by atoms with Crippen molar-refractivity contribution in [2.24, 2.45) is 0 Å². The van der Waals surface area contributed by atoms with E-state index in [1.165, 1.54) is 36.4 Å². The lowest BCUT2D eigenvalue weighted by Gasteiger charge is -2.22. The van der Waals surface area contributed by atoms with E-state index in [0.717, 1.165) is 11.1 Å². The van der Waals surface area contributed by atoms with E-state index in [2.05, 4.69) is 0 Å². The second-order valence-corrected chi connectivity index (χ2v) is 6.99. The summed E-state index contributed by atoms with van der Waals surface area (Å²) in [5, 5.41) is 35.2. The van der Waals surface area contributed by atoms with Gasteiger partial charge in [-0.25, -0.2) is 19.2 Å². The first-order chi connectivity index (χ1) is 15.2. The Hall–Kier alpha value is -4.46. The fraction of sp³-hybridized carbons (Fsp3) is 0.0833. The molecule has 32 heavy (non-hydrogen) atoms. The molecular weight excluding hydrogens is 416 g/mol. The van der Waals surface area contributed by atoms with Crippen molar-refractivity contribution in [2.45, 2.75) is 12.8 Å². The Morgan fingerprint density at radius 2 is 0.781 bits per heavy atom. The maximum absolute atomic E-state index is 10.7. The summed E-state index contributed by atoms with van der Waals surface area (Å²) >= 11 is 0. The van der Waals surface area contributed by atoms with Gasteiger partial charge in [-0.15, -0.1) is 0 Å². The summed E-state index contributed by atoms with van der Waals surface area (Å²) in [7, 11) is 0. The third-order valence-electron chi connectivity index (χ3n) is 5.11. The van der Waals surface area contributed by atoms with E-state index < -0.39 is 23.9 Å². The second kappa shape index (κ2) is 9.13. The Labute approximate surface area is 182 Å². The van der Waals surface area contributed by atoms with Gasteiger partial charge in [0.1, 0.15) is 0 Å². The number of benzene rings is 3. The van der Waals surface area contributed by atoms with Gasteiger partial charge in [0, 0.05) is 0 Å². The fourth-order valence-electron chi connectivity index (χ4n) is 3.35. The van der Waals surface area contributed by atoms with Crippen LogP contribution in [-0.2, 0) is 12.8 Å². The van der Waals surface area contributed by atoms with Crippen LogP contribution >= 0.6 is 0 Å². The summed E-state index contributed by atoms with van der Waals surface area (Å²) in [6.07, 6.45) is 1.33. The van der Waals surface area contributed by atoms with Crippen molar-refractivity contribution in [3.05, 3.63) is 94.0 Å². The SMILES string of the molecule is O=C(O)c1ccc(-c2ccc(C(=O)O)cc2)cc1.O=C(O)c1ccc(C(=O)O)c2c1CC2.